The Morgan fingerprint density at radius 2 is 1.54 bits per heavy atom. The van der Waals surface area contributed by atoms with E-state index in [0.717, 1.165) is 16.7 Å². The number of nitro benzene ring substituents is 1. The van der Waals surface area contributed by atoms with E-state index in [1.807, 2.05) is 45.0 Å². The SMILES string of the molecule is CC(C)(C)OC(=O)NCc1ccc(-c2ccc([N+](=O)[O-])cc2)cc1. The third-order valence-corrected chi connectivity index (χ3v) is 3.20. The van der Waals surface area contributed by atoms with Gasteiger partial charge in [-0.15, -0.1) is 0 Å². The molecular formula is C18H20N2O4. The molecule has 0 spiro atoms. The third kappa shape index (κ3) is 5.08. The molecule has 24 heavy (non-hydrogen) atoms. The molecule has 0 radical (unpaired) electrons. The average molecular weight is 328 g/mol. The minimum Gasteiger partial charge on any atom is -0.444 e. The first-order valence-corrected chi connectivity index (χ1v) is 7.55. The number of alkyl carbamates (subject to hydrolysis) is 1. The molecule has 126 valence electrons. The first-order chi connectivity index (χ1) is 11.2. The Hall–Kier alpha value is -2.89. The molecule has 0 aromatic heterocycles. The van der Waals surface area contributed by atoms with Crippen molar-refractivity contribution in [2.75, 3.05) is 0 Å². The largest absolute Gasteiger partial charge is 0.444 e. The molecule has 2 rings (SSSR count). The fourth-order valence-electron chi connectivity index (χ4n) is 2.08. The number of rotatable bonds is 4. The van der Waals surface area contributed by atoms with Crippen LogP contribution in [0.25, 0.3) is 11.1 Å². The number of ether oxygens (including phenoxy) is 1. The van der Waals surface area contributed by atoms with Crippen LogP contribution in [-0.4, -0.2) is 16.6 Å². The highest BCUT2D eigenvalue weighted by molar-refractivity contribution is 5.68. The third-order valence-electron chi connectivity index (χ3n) is 3.20. The van der Waals surface area contributed by atoms with E-state index in [9.17, 15) is 14.9 Å². The van der Waals surface area contributed by atoms with E-state index in [0.29, 0.717) is 6.54 Å². The Morgan fingerprint density at radius 3 is 2.00 bits per heavy atom. The summed E-state index contributed by atoms with van der Waals surface area (Å²) in [6.07, 6.45) is -0.457. The fourth-order valence-corrected chi connectivity index (χ4v) is 2.08. The lowest BCUT2D eigenvalue weighted by molar-refractivity contribution is -0.384. The minimum absolute atomic E-state index is 0.0666. The van der Waals surface area contributed by atoms with Crippen LogP contribution in [0.3, 0.4) is 0 Å². The molecule has 0 aliphatic heterocycles. The Kier molecular flexibility index (Phi) is 5.18. The summed E-state index contributed by atoms with van der Waals surface area (Å²) in [5.41, 5.74) is 2.32. The van der Waals surface area contributed by atoms with Crippen LogP contribution in [0.2, 0.25) is 0 Å². The van der Waals surface area contributed by atoms with Crippen LogP contribution in [0, 0.1) is 10.1 Å². The Balaban J connectivity index is 1.98. The first-order valence-electron chi connectivity index (χ1n) is 7.55. The van der Waals surface area contributed by atoms with Gasteiger partial charge in [0, 0.05) is 18.7 Å². The quantitative estimate of drug-likeness (QED) is 0.670. The molecule has 0 unspecified atom stereocenters. The number of non-ortho nitro benzene ring substituents is 1. The molecule has 0 bridgehead atoms. The van der Waals surface area contributed by atoms with Gasteiger partial charge in [0.2, 0.25) is 0 Å². The van der Waals surface area contributed by atoms with Crippen molar-refractivity contribution >= 4 is 11.8 Å². The molecule has 6 heteroatoms. The van der Waals surface area contributed by atoms with Crippen LogP contribution >= 0.6 is 0 Å². The first kappa shape index (κ1) is 17.5. The van der Waals surface area contributed by atoms with Crippen molar-refractivity contribution in [1.29, 1.82) is 0 Å². The van der Waals surface area contributed by atoms with Crippen molar-refractivity contribution in [1.82, 2.24) is 5.32 Å². The van der Waals surface area contributed by atoms with Crippen molar-refractivity contribution in [3.8, 4) is 11.1 Å². The van der Waals surface area contributed by atoms with E-state index in [2.05, 4.69) is 5.32 Å². The maximum absolute atomic E-state index is 11.6. The maximum atomic E-state index is 11.6. The fraction of sp³-hybridized carbons (Fsp3) is 0.278. The molecule has 0 aliphatic rings. The summed E-state index contributed by atoms with van der Waals surface area (Å²) in [6, 6.07) is 14.0. The van der Waals surface area contributed by atoms with Crippen LogP contribution in [0.1, 0.15) is 26.3 Å². The van der Waals surface area contributed by atoms with Crippen LogP contribution in [0.5, 0.6) is 0 Å². The molecule has 1 amide bonds. The van der Waals surface area contributed by atoms with Gasteiger partial charge >= 0.3 is 6.09 Å². The lowest BCUT2D eigenvalue weighted by atomic mass is 10.0. The molecule has 1 N–H and O–H groups in total. The van der Waals surface area contributed by atoms with Gasteiger partial charge in [-0.3, -0.25) is 10.1 Å². The van der Waals surface area contributed by atoms with Gasteiger partial charge in [-0.05, 0) is 49.6 Å². The minimum atomic E-state index is -0.524. The molecule has 0 atom stereocenters. The molecule has 2 aromatic carbocycles. The number of carbonyl (C=O) groups excluding carboxylic acids is 1. The summed E-state index contributed by atoms with van der Waals surface area (Å²) in [6.45, 7) is 5.80. The zero-order valence-corrected chi connectivity index (χ0v) is 13.9. The molecule has 2 aromatic rings. The average Bonchev–Trinajstić information content (AvgIpc) is 2.52. The maximum Gasteiger partial charge on any atom is 0.407 e. The van der Waals surface area contributed by atoms with E-state index >= 15 is 0 Å². The normalized spacial score (nSPS) is 11.0. The van der Waals surface area contributed by atoms with E-state index in [-0.39, 0.29) is 5.69 Å². The van der Waals surface area contributed by atoms with Gasteiger partial charge in [0.15, 0.2) is 0 Å². The van der Waals surface area contributed by atoms with Crippen molar-refractivity contribution in [2.24, 2.45) is 0 Å². The number of hydrogen-bond acceptors (Lipinski definition) is 4. The van der Waals surface area contributed by atoms with Crippen LogP contribution in [0.4, 0.5) is 10.5 Å². The highest BCUT2D eigenvalue weighted by Crippen LogP contribution is 2.22. The van der Waals surface area contributed by atoms with E-state index in [1.165, 1.54) is 12.1 Å². The second-order valence-electron chi connectivity index (χ2n) is 6.36. The predicted octanol–water partition coefficient (Wildman–Crippen LogP) is 4.29. The van der Waals surface area contributed by atoms with Crippen LogP contribution in [-0.2, 0) is 11.3 Å². The van der Waals surface area contributed by atoms with Gasteiger partial charge < -0.3 is 10.1 Å². The lowest BCUT2D eigenvalue weighted by Crippen LogP contribution is -2.32. The van der Waals surface area contributed by atoms with E-state index in [4.69, 9.17) is 4.74 Å². The van der Waals surface area contributed by atoms with Gasteiger partial charge in [0.1, 0.15) is 5.60 Å². The molecule has 0 heterocycles. The van der Waals surface area contributed by atoms with Crippen molar-refractivity contribution in [2.45, 2.75) is 32.9 Å². The summed E-state index contributed by atoms with van der Waals surface area (Å²) in [7, 11) is 0. The number of carbonyl (C=O) groups is 1. The molecule has 0 aliphatic carbocycles. The van der Waals surface area contributed by atoms with Gasteiger partial charge in [0.05, 0.1) is 4.92 Å². The second kappa shape index (κ2) is 7.12. The zero-order chi connectivity index (χ0) is 17.7. The van der Waals surface area contributed by atoms with Crippen molar-refractivity contribution in [3.05, 3.63) is 64.2 Å². The standard InChI is InChI=1S/C18H20N2O4/c1-18(2,3)24-17(21)19-12-13-4-6-14(7-5-13)15-8-10-16(11-9-15)20(22)23/h4-11H,12H2,1-3H3,(H,19,21). The Bertz CT molecular complexity index is 716. The second-order valence-corrected chi connectivity index (χ2v) is 6.36. The van der Waals surface area contributed by atoms with Crippen molar-refractivity contribution < 1.29 is 14.5 Å². The lowest BCUT2D eigenvalue weighted by Gasteiger charge is -2.19. The number of benzene rings is 2. The van der Waals surface area contributed by atoms with E-state index in [1.54, 1.807) is 12.1 Å². The smallest absolute Gasteiger partial charge is 0.407 e. The van der Waals surface area contributed by atoms with E-state index < -0.39 is 16.6 Å². The summed E-state index contributed by atoms with van der Waals surface area (Å²) < 4.78 is 5.18. The highest BCUT2D eigenvalue weighted by atomic mass is 16.6. The van der Waals surface area contributed by atoms with Crippen LogP contribution < -0.4 is 5.32 Å². The number of nitro groups is 1. The molecule has 0 fully saturated rings. The summed E-state index contributed by atoms with van der Waals surface area (Å²) in [5, 5.41) is 13.4. The molecule has 0 saturated heterocycles. The number of nitrogens with one attached hydrogen (secondary N) is 1. The van der Waals surface area contributed by atoms with Crippen molar-refractivity contribution in [3.63, 3.8) is 0 Å². The van der Waals surface area contributed by atoms with Crippen LogP contribution in [0.15, 0.2) is 48.5 Å². The number of nitrogens with zero attached hydrogens (tertiary/aromatic N) is 1. The monoisotopic (exact) mass is 328 g/mol. The number of amides is 1. The molecular weight excluding hydrogens is 308 g/mol. The molecule has 6 nitrogen and oxygen atoms in total. The van der Waals surface area contributed by atoms with Gasteiger partial charge in [0.25, 0.3) is 5.69 Å². The molecule has 0 saturated carbocycles. The van der Waals surface area contributed by atoms with Gasteiger partial charge in [-0.25, -0.2) is 4.79 Å². The Morgan fingerprint density at radius 1 is 1.04 bits per heavy atom. The zero-order valence-electron chi connectivity index (χ0n) is 13.9. The van der Waals surface area contributed by atoms with Gasteiger partial charge in [-0.2, -0.15) is 0 Å². The summed E-state index contributed by atoms with van der Waals surface area (Å²) >= 11 is 0. The number of hydrogen-bond donors (Lipinski definition) is 1. The summed E-state index contributed by atoms with van der Waals surface area (Å²) in [5.74, 6) is 0. The van der Waals surface area contributed by atoms with Gasteiger partial charge in [-0.1, -0.05) is 24.3 Å². The highest BCUT2D eigenvalue weighted by Gasteiger charge is 2.15. The Labute approximate surface area is 140 Å². The topological polar surface area (TPSA) is 81.5 Å². The predicted molar refractivity (Wildman–Crippen MR) is 91.6 cm³/mol. The summed E-state index contributed by atoms with van der Waals surface area (Å²) in [4.78, 5) is 21.9.